The van der Waals surface area contributed by atoms with Crippen molar-refractivity contribution in [3.05, 3.63) is 51.4 Å². The number of nitrogens with zero attached hydrogens (tertiary/aromatic N) is 2. The zero-order valence-electron chi connectivity index (χ0n) is 11.9. The lowest BCUT2D eigenvalue weighted by molar-refractivity contribution is -0.0154. The van der Waals surface area contributed by atoms with Gasteiger partial charge in [0.1, 0.15) is 11.1 Å². The van der Waals surface area contributed by atoms with Crippen LogP contribution in [0.3, 0.4) is 0 Å². The summed E-state index contributed by atoms with van der Waals surface area (Å²) in [6.45, 7) is 2.02. The van der Waals surface area contributed by atoms with Crippen molar-refractivity contribution >= 4 is 29.0 Å². The molecular weight excluding hydrogens is 322 g/mol. The maximum atomic E-state index is 12.3. The SMILES string of the molecule is O=C(NCc1nccs1)N1CCO[C@@H](c2ccccc2Cl)C1. The van der Waals surface area contributed by atoms with Crippen molar-refractivity contribution in [2.75, 3.05) is 19.7 Å². The molecular formula is C15H16ClN3O2S. The minimum absolute atomic E-state index is 0.101. The van der Waals surface area contributed by atoms with Crippen LogP contribution < -0.4 is 5.32 Å². The number of aromatic nitrogens is 1. The van der Waals surface area contributed by atoms with Crippen LogP contribution in [0.4, 0.5) is 4.79 Å². The molecule has 1 aromatic carbocycles. The Balaban J connectivity index is 1.60. The van der Waals surface area contributed by atoms with E-state index in [1.54, 1.807) is 11.1 Å². The first-order valence-electron chi connectivity index (χ1n) is 7.01. The zero-order chi connectivity index (χ0) is 15.4. The first kappa shape index (κ1) is 15.3. The number of benzene rings is 1. The molecule has 2 heterocycles. The predicted molar refractivity (Wildman–Crippen MR) is 86.1 cm³/mol. The van der Waals surface area contributed by atoms with Crippen LogP contribution in [-0.2, 0) is 11.3 Å². The molecule has 0 aliphatic carbocycles. The van der Waals surface area contributed by atoms with E-state index in [-0.39, 0.29) is 12.1 Å². The first-order valence-corrected chi connectivity index (χ1v) is 8.27. The third-order valence-corrected chi connectivity index (χ3v) is 4.60. The lowest BCUT2D eigenvalue weighted by Crippen LogP contribution is -2.47. The summed E-state index contributed by atoms with van der Waals surface area (Å²) >= 11 is 7.73. The molecule has 1 fully saturated rings. The maximum Gasteiger partial charge on any atom is 0.317 e. The van der Waals surface area contributed by atoms with Crippen molar-refractivity contribution in [1.82, 2.24) is 15.2 Å². The van der Waals surface area contributed by atoms with Gasteiger partial charge in [-0.25, -0.2) is 9.78 Å². The summed E-state index contributed by atoms with van der Waals surface area (Å²) in [7, 11) is 0. The number of morpholine rings is 1. The number of hydrogen-bond donors (Lipinski definition) is 1. The third-order valence-electron chi connectivity index (χ3n) is 3.48. The summed E-state index contributed by atoms with van der Waals surface area (Å²) in [6.07, 6.45) is 1.54. The molecule has 0 spiro atoms. The molecule has 5 nitrogen and oxygen atoms in total. The van der Waals surface area contributed by atoms with E-state index < -0.39 is 0 Å². The van der Waals surface area contributed by atoms with Crippen molar-refractivity contribution in [2.45, 2.75) is 12.6 Å². The van der Waals surface area contributed by atoms with Crippen molar-refractivity contribution in [3.63, 3.8) is 0 Å². The van der Waals surface area contributed by atoms with E-state index in [0.29, 0.717) is 31.3 Å². The minimum Gasteiger partial charge on any atom is -0.370 e. The topological polar surface area (TPSA) is 54.5 Å². The Labute approximate surface area is 137 Å². The highest BCUT2D eigenvalue weighted by Gasteiger charge is 2.26. The largest absolute Gasteiger partial charge is 0.370 e. The smallest absolute Gasteiger partial charge is 0.317 e. The Morgan fingerprint density at radius 2 is 2.36 bits per heavy atom. The van der Waals surface area contributed by atoms with Crippen LogP contribution >= 0.6 is 22.9 Å². The summed E-state index contributed by atoms with van der Waals surface area (Å²) in [5.74, 6) is 0. The van der Waals surface area contributed by atoms with Crippen LogP contribution in [0.2, 0.25) is 5.02 Å². The van der Waals surface area contributed by atoms with Crippen molar-refractivity contribution < 1.29 is 9.53 Å². The summed E-state index contributed by atoms with van der Waals surface area (Å²) < 4.78 is 5.76. The van der Waals surface area contributed by atoms with Gasteiger partial charge in [0.2, 0.25) is 0 Å². The number of amides is 2. The maximum absolute atomic E-state index is 12.3. The second-order valence-electron chi connectivity index (χ2n) is 4.91. The number of ether oxygens (including phenoxy) is 1. The predicted octanol–water partition coefficient (Wildman–Crippen LogP) is 3.08. The van der Waals surface area contributed by atoms with Gasteiger partial charge >= 0.3 is 6.03 Å². The molecule has 0 unspecified atom stereocenters. The van der Waals surface area contributed by atoms with Crippen molar-refractivity contribution in [2.24, 2.45) is 0 Å². The molecule has 1 N–H and O–H groups in total. The van der Waals surface area contributed by atoms with E-state index in [1.807, 2.05) is 29.6 Å². The number of urea groups is 1. The highest BCUT2D eigenvalue weighted by atomic mass is 35.5. The summed E-state index contributed by atoms with van der Waals surface area (Å²) in [5.41, 5.74) is 0.918. The van der Waals surface area contributed by atoms with Gasteiger partial charge in [0.15, 0.2) is 0 Å². The van der Waals surface area contributed by atoms with Crippen LogP contribution in [-0.4, -0.2) is 35.6 Å². The van der Waals surface area contributed by atoms with E-state index in [1.165, 1.54) is 11.3 Å². The average Bonchev–Trinajstić information content (AvgIpc) is 3.06. The molecule has 3 rings (SSSR count). The molecule has 0 radical (unpaired) electrons. The molecule has 22 heavy (non-hydrogen) atoms. The van der Waals surface area contributed by atoms with Gasteiger partial charge in [0.05, 0.1) is 19.7 Å². The Morgan fingerprint density at radius 1 is 1.50 bits per heavy atom. The molecule has 2 amide bonds. The van der Waals surface area contributed by atoms with Crippen molar-refractivity contribution in [3.8, 4) is 0 Å². The number of carbonyl (C=O) groups excluding carboxylic acids is 1. The Morgan fingerprint density at radius 3 is 3.14 bits per heavy atom. The molecule has 0 bridgehead atoms. The van der Waals surface area contributed by atoms with E-state index in [0.717, 1.165) is 10.6 Å². The Bertz CT molecular complexity index is 635. The van der Waals surface area contributed by atoms with Gasteiger partial charge < -0.3 is 15.0 Å². The fourth-order valence-corrected chi connectivity index (χ4v) is 3.17. The first-order chi connectivity index (χ1) is 10.7. The molecule has 1 aliphatic heterocycles. The van der Waals surface area contributed by atoms with Crippen LogP contribution in [0, 0.1) is 0 Å². The number of rotatable bonds is 3. The van der Waals surface area contributed by atoms with Crippen LogP contribution in [0.25, 0.3) is 0 Å². The van der Waals surface area contributed by atoms with E-state index in [4.69, 9.17) is 16.3 Å². The normalized spacial score (nSPS) is 18.2. The summed E-state index contributed by atoms with van der Waals surface area (Å²) in [5, 5.41) is 6.34. The molecule has 1 atom stereocenters. The molecule has 1 aliphatic rings. The van der Waals surface area contributed by atoms with Gasteiger partial charge in [-0.2, -0.15) is 0 Å². The molecule has 116 valence electrons. The number of nitrogens with one attached hydrogen (secondary N) is 1. The minimum atomic E-state index is -0.187. The highest BCUT2D eigenvalue weighted by molar-refractivity contribution is 7.09. The van der Waals surface area contributed by atoms with Gasteiger partial charge in [-0.15, -0.1) is 11.3 Å². The lowest BCUT2D eigenvalue weighted by Gasteiger charge is -2.33. The van der Waals surface area contributed by atoms with Crippen LogP contribution in [0.15, 0.2) is 35.8 Å². The number of carbonyl (C=O) groups is 1. The number of thiazole rings is 1. The second kappa shape index (κ2) is 7.09. The van der Waals surface area contributed by atoms with Gasteiger partial charge in [-0.05, 0) is 6.07 Å². The number of halogens is 1. The Hall–Kier alpha value is -1.63. The highest BCUT2D eigenvalue weighted by Crippen LogP contribution is 2.28. The lowest BCUT2D eigenvalue weighted by atomic mass is 10.1. The molecule has 1 aromatic heterocycles. The van der Waals surface area contributed by atoms with Crippen LogP contribution in [0.5, 0.6) is 0 Å². The second-order valence-corrected chi connectivity index (χ2v) is 6.30. The molecule has 2 aromatic rings. The van der Waals surface area contributed by atoms with Crippen LogP contribution in [0.1, 0.15) is 16.7 Å². The van der Waals surface area contributed by atoms with E-state index in [2.05, 4.69) is 10.3 Å². The summed E-state index contributed by atoms with van der Waals surface area (Å²) in [4.78, 5) is 18.2. The Kier molecular flexibility index (Phi) is 4.92. The van der Waals surface area contributed by atoms with Crippen molar-refractivity contribution in [1.29, 1.82) is 0 Å². The number of hydrogen-bond acceptors (Lipinski definition) is 4. The summed E-state index contributed by atoms with van der Waals surface area (Å²) in [6, 6.07) is 7.47. The van der Waals surface area contributed by atoms with Gasteiger partial charge in [0.25, 0.3) is 0 Å². The fraction of sp³-hybridized carbons (Fsp3) is 0.333. The molecule has 1 saturated heterocycles. The van der Waals surface area contributed by atoms with Gasteiger partial charge in [-0.3, -0.25) is 0 Å². The molecule has 7 heteroatoms. The monoisotopic (exact) mass is 337 g/mol. The zero-order valence-corrected chi connectivity index (χ0v) is 13.4. The standard InChI is InChI=1S/C15H16ClN3O2S/c16-12-4-2-1-3-11(12)13-10-19(6-7-21-13)15(20)18-9-14-17-5-8-22-14/h1-5,8,13H,6-7,9-10H2,(H,18,20)/t13-/m1/s1. The third kappa shape index (κ3) is 3.58. The van der Waals surface area contributed by atoms with Gasteiger partial charge in [0, 0.05) is 28.7 Å². The van der Waals surface area contributed by atoms with Gasteiger partial charge in [-0.1, -0.05) is 29.8 Å². The average molecular weight is 338 g/mol. The fourth-order valence-electron chi connectivity index (χ4n) is 2.36. The van der Waals surface area contributed by atoms with E-state index in [9.17, 15) is 4.79 Å². The van der Waals surface area contributed by atoms with E-state index >= 15 is 0 Å². The quantitative estimate of drug-likeness (QED) is 0.936. The molecule has 0 saturated carbocycles.